The molecule has 0 spiro atoms. The van der Waals surface area contributed by atoms with E-state index in [9.17, 15) is 10.1 Å². The van der Waals surface area contributed by atoms with Crippen molar-refractivity contribution in [1.82, 2.24) is 0 Å². The van der Waals surface area contributed by atoms with Crippen molar-refractivity contribution in [3.8, 4) is 5.75 Å². The molecule has 0 saturated carbocycles. The quantitative estimate of drug-likeness (QED) is 0.691. The molecular weight excluding hydrogens is 284 g/mol. The van der Waals surface area contributed by atoms with Gasteiger partial charge in [0, 0.05) is 17.7 Å². The second-order valence-electron chi connectivity index (χ2n) is 5.14. The number of hydrogen-bond acceptors (Lipinski definition) is 4. The number of benzene rings is 2. The Balaban J connectivity index is 1.69. The van der Waals surface area contributed by atoms with Crippen LogP contribution in [0.3, 0.4) is 0 Å². The largest absolute Gasteiger partial charge is 0.497 e. The Labute approximate surface area is 127 Å². The molecule has 0 unspecified atom stereocenters. The summed E-state index contributed by atoms with van der Waals surface area (Å²) in [5.74, 6) is 0.814. The van der Waals surface area contributed by atoms with Gasteiger partial charge in [0.05, 0.1) is 12.0 Å². The van der Waals surface area contributed by atoms with Gasteiger partial charge in [-0.05, 0) is 42.0 Å². The number of ether oxygens (including phenoxy) is 2. The average molecular weight is 301 g/mol. The number of methoxy groups -OCH3 is 1. The van der Waals surface area contributed by atoms with Crippen LogP contribution in [0.1, 0.15) is 23.5 Å². The van der Waals surface area contributed by atoms with Crippen LogP contribution in [0.4, 0.5) is 5.69 Å². The van der Waals surface area contributed by atoms with E-state index in [4.69, 9.17) is 9.47 Å². The Morgan fingerprint density at radius 1 is 1.14 bits per heavy atom. The van der Waals surface area contributed by atoms with E-state index in [1.165, 1.54) is 12.1 Å². The molecule has 0 radical (unpaired) electrons. The van der Waals surface area contributed by atoms with Gasteiger partial charge in [-0.3, -0.25) is 10.1 Å². The molecule has 0 bridgehead atoms. The summed E-state index contributed by atoms with van der Waals surface area (Å²) >= 11 is 0. The molecule has 0 amide bonds. The first-order chi connectivity index (χ1) is 10.7. The van der Waals surface area contributed by atoms with Crippen LogP contribution in [0.2, 0.25) is 0 Å². The fourth-order valence-corrected chi connectivity index (χ4v) is 2.57. The number of non-ortho nitro benzene ring substituents is 1. The minimum Gasteiger partial charge on any atom is -0.497 e. The summed E-state index contributed by atoms with van der Waals surface area (Å²) in [7, 11) is 1.64. The smallest absolute Gasteiger partial charge is 0.269 e. The third kappa shape index (κ3) is 2.93. The van der Waals surface area contributed by atoms with E-state index >= 15 is 0 Å². The first-order valence-electron chi connectivity index (χ1n) is 7.04. The minimum atomic E-state index is -0.397. The molecule has 2 N–H and O–H groups in total. The van der Waals surface area contributed by atoms with Crippen molar-refractivity contribution < 1.29 is 19.7 Å². The molecule has 6 nitrogen and oxygen atoms in total. The van der Waals surface area contributed by atoms with Crippen molar-refractivity contribution in [3.05, 3.63) is 69.8 Å². The molecule has 2 atom stereocenters. The van der Waals surface area contributed by atoms with Crippen LogP contribution in [-0.2, 0) is 4.74 Å². The molecule has 3 rings (SSSR count). The maximum absolute atomic E-state index is 10.7. The van der Waals surface area contributed by atoms with Crippen LogP contribution in [0.25, 0.3) is 0 Å². The number of nitro benzene ring substituents is 1. The van der Waals surface area contributed by atoms with Crippen molar-refractivity contribution in [3.63, 3.8) is 0 Å². The van der Waals surface area contributed by atoms with E-state index in [1.54, 1.807) is 19.2 Å². The highest BCUT2D eigenvalue weighted by molar-refractivity contribution is 5.34. The Morgan fingerprint density at radius 3 is 2.36 bits per heavy atom. The third-order valence-electron chi connectivity index (χ3n) is 3.80. The van der Waals surface area contributed by atoms with E-state index in [-0.39, 0.29) is 18.0 Å². The van der Waals surface area contributed by atoms with Crippen LogP contribution >= 0.6 is 0 Å². The molecule has 0 aliphatic carbocycles. The molecule has 0 aromatic heterocycles. The van der Waals surface area contributed by atoms with Crippen LogP contribution in [0, 0.1) is 10.1 Å². The van der Waals surface area contributed by atoms with Gasteiger partial charge < -0.3 is 14.8 Å². The lowest BCUT2D eigenvalue weighted by molar-refractivity contribution is -0.698. The van der Waals surface area contributed by atoms with Crippen LogP contribution in [-0.4, -0.2) is 18.6 Å². The van der Waals surface area contributed by atoms with Crippen molar-refractivity contribution in [2.75, 3.05) is 13.7 Å². The number of nitrogens with two attached hydrogens (primary N) is 1. The first kappa shape index (κ1) is 14.5. The predicted molar refractivity (Wildman–Crippen MR) is 79.4 cm³/mol. The topological polar surface area (TPSA) is 78.2 Å². The van der Waals surface area contributed by atoms with Gasteiger partial charge >= 0.3 is 0 Å². The average Bonchev–Trinajstić information content (AvgIpc) is 3.05. The molecule has 1 saturated heterocycles. The lowest BCUT2D eigenvalue weighted by atomic mass is 10.1. The summed E-state index contributed by atoms with van der Waals surface area (Å²) in [6, 6.07) is 14.3. The monoisotopic (exact) mass is 301 g/mol. The molecule has 22 heavy (non-hydrogen) atoms. The molecule has 6 heteroatoms. The zero-order valence-corrected chi connectivity index (χ0v) is 12.1. The van der Waals surface area contributed by atoms with Gasteiger partial charge in [-0.15, -0.1) is 0 Å². The maximum atomic E-state index is 10.7. The van der Waals surface area contributed by atoms with Crippen LogP contribution in [0.15, 0.2) is 48.5 Å². The summed E-state index contributed by atoms with van der Waals surface area (Å²) in [5, 5.41) is 12.8. The number of hydrogen-bond donors (Lipinski definition) is 1. The summed E-state index contributed by atoms with van der Waals surface area (Å²) in [6.07, 6.45) is -0.126. The maximum Gasteiger partial charge on any atom is 0.269 e. The summed E-state index contributed by atoms with van der Waals surface area (Å²) < 4.78 is 11.2. The molecule has 1 heterocycles. The highest BCUT2D eigenvalue weighted by atomic mass is 16.6. The van der Waals surface area contributed by atoms with Crippen LogP contribution in [0.5, 0.6) is 5.75 Å². The standard InChI is InChI=1S/C16H16N2O4/c1-21-14-8-4-12(5-9-14)16-17-10-15(22-16)11-2-6-13(7-3-11)18(19)20/h2-9,15-17H,10H2,1H3/p+1/t15-,16+/m0/s1. The fraction of sp³-hybridized carbons (Fsp3) is 0.250. The van der Waals surface area contributed by atoms with Gasteiger partial charge in [0.25, 0.3) is 5.69 Å². The number of nitrogens with zero attached hydrogens (tertiary/aromatic N) is 1. The van der Waals surface area contributed by atoms with Crippen molar-refractivity contribution >= 4 is 5.69 Å². The molecule has 1 fully saturated rings. The number of rotatable bonds is 4. The van der Waals surface area contributed by atoms with E-state index in [0.29, 0.717) is 0 Å². The molecule has 114 valence electrons. The summed E-state index contributed by atoms with van der Waals surface area (Å²) in [5.41, 5.74) is 2.13. The number of quaternary nitrogens is 1. The fourth-order valence-electron chi connectivity index (χ4n) is 2.57. The Bertz CT molecular complexity index is 655. The van der Waals surface area contributed by atoms with Crippen molar-refractivity contribution in [1.29, 1.82) is 0 Å². The van der Waals surface area contributed by atoms with E-state index in [2.05, 4.69) is 5.32 Å². The van der Waals surface area contributed by atoms with E-state index in [1.807, 2.05) is 24.3 Å². The second kappa shape index (κ2) is 6.13. The summed E-state index contributed by atoms with van der Waals surface area (Å²) in [4.78, 5) is 10.3. The van der Waals surface area contributed by atoms with Gasteiger partial charge in [-0.2, -0.15) is 0 Å². The predicted octanol–water partition coefficient (Wildman–Crippen LogP) is 1.94. The normalized spacial score (nSPS) is 20.8. The molecule has 1 aliphatic heterocycles. The Morgan fingerprint density at radius 2 is 1.77 bits per heavy atom. The highest BCUT2D eigenvalue weighted by Crippen LogP contribution is 2.28. The van der Waals surface area contributed by atoms with Gasteiger partial charge in [0.15, 0.2) is 0 Å². The third-order valence-corrected chi connectivity index (χ3v) is 3.80. The van der Waals surface area contributed by atoms with Crippen LogP contribution < -0.4 is 10.1 Å². The Hall–Kier alpha value is -2.44. The zero-order valence-electron chi connectivity index (χ0n) is 12.1. The molecular formula is C16H17N2O4+. The lowest BCUT2D eigenvalue weighted by Crippen LogP contribution is -2.82. The zero-order chi connectivity index (χ0) is 15.5. The minimum absolute atomic E-state index is 0.0621. The Kier molecular flexibility index (Phi) is 4.04. The van der Waals surface area contributed by atoms with Gasteiger partial charge in [-0.25, -0.2) is 0 Å². The summed E-state index contributed by atoms with van der Waals surface area (Å²) in [6.45, 7) is 0.786. The first-order valence-corrected chi connectivity index (χ1v) is 7.04. The van der Waals surface area contributed by atoms with E-state index < -0.39 is 4.92 Å². The van der Waals surface area contributed by atoms with E-state index in [0.717, 1.165) is 23.4 Å². The second-order valence-corrected chi connectivity index (χ2v) is 5.14. The highest BCUT2D eigenvalue weighted by Gasteiger charge is 2.31. The van der Waals surface area contributed by atoms with Crippen molar-refractivity contribution in [2.45, 2.75) is 12.3 Å². The van der Waals surface area contributed by atoms with Gasteiger partial charge in [-0.1, -0.05) is 0 Å². The SMILES string of the molecule is COc1ccc([C@@H]2[NH2+]C[C@@H](c3ccc([N+](=O)[O-])cc3)O2)cc1. The number of nitro groups is 1. The van der Waals surface area contributed by atoms with Gasteiger partial charge in [0.1, 0.15) is 18.4 Å². The lowest BCUT2D eigenvalue weighted by Gasteiger charge is -2.10. The van der Waals surface area contributed by atoms with Gasteiger partial charge in [0.2, 0.25) is 6.23 Å². The molecule has 2 aromatic carbocycles. The molecule has 1 aliphatic rings. The molecule has 2 aromatic rings. The van der Waals surface area contributed by atoms with Crippen molar-refractivity contribution in [2.24, 2.45) is 0 Å².